The van der Waals surface area contributed by atoms with Gasteiger partial charge in [0.2, 0.25) is 0 Å². The van der Waals surface area contributed by atoms with E-state index in [0.29, 0.717) is 12.8 Å². The molecule has 4 unspecified atom stereocenters. The summed E-state index contributed by atoms with van der Waals surface area (Å²) in [5, 5.41) is 72.0. The molecule has 0 aliphatic carbocycles. The van der Waals surface area contributed by atoms with Crippen LogP contribution in [0.5, 0.6) is 0 Å². The number of rotatable bonds is 38. The van der Waals surface area contributed by atoms with E-state index < -0.39 is 92.7 Å². The summed E-state index contributed by atoms with van der Waals surface area (Å²) in [7, 11) is 0. The number of allylic oxidation sites excluding steroid dienone is 6. The van der Waals surface area contributed by atoms with Gasteiger partial charge in [-0.05, 0) is 44.9 Å². The Bertz CT molecular complexity index is 1280. The quantitative estimate of drug-likeness (QED) is 0.0198. The van der Waals surface area contributed by atoms with Crippen LogP contribution in [0.4, 0.5) is 0 Å². The topological polar surface area (TPSA) is 231 Å². The summed E-state index contributed by atoms with van der Waals surface area (Å²) in [5.74, 6) is -0.941. The van der Waals surface area contributed by atoms with Crippen molar-refractivity contribution in [3.63, 3.8) is 0 Å². The van der Waals surface area contributed by atoms with E-state index in [-0.39, 0.29) is 26.1 Å². The minimum absolute atomic E-state index is 0.147. The van der Waals surface area contributed by atoms with Crippen LogP contribution < -0.4 is 0 Å². The van der Waals surface area contributed by atoms with Crippen molar-refractivity contribution in [2.45, 2.75) is 242 Å². The molecular formula is C50H88O15. The summed E-state index contributed by atoms with van der Waals surface area (Å²) in [4.78, 5) is 25.7. The first-order valence-corrected chi connectivity index (χ1v) is 25.1. The van der Waals surface area contributed by atoms with Crippen LogP contribution in [0.2, 0.25) is 0 Å². The van der Waals surface area contributed by atoms with Gasteiger partial charge < -0.3 is 64.2 Å². The summed E-state index contributed by atoms with van der Waals surface area (Å²) in [6.45, 7) is 2.46. The maximum atomic E-state index is 13.0. The molecule has 11 atom stereocenters. The van der Waals surface area contributed by atoms with Crippen molar-refractivity contribution in [3.05, 3.63) is 36.5 Å². The van der Waals surface area contributed by atoms with E-state index in [0.717, 1.165) is 70.6 Å². The average molecular weight is 929 g/mol. The molecule has 0 radical (unpaired) electrons. The highest BCUT2D eigenvalue weighted by molar-refractivity contribution is 5.70. The molecule has 0 amide bonds. The van der Waals surface area contributed by atoms with Crippen LogP contribution in [0.15, 0.2) is 36.5 Å². The fraction of sp³-hybridized carbons (Fsp3) is 0.840. The molecule has 2 saturated heterocycles. The Morgan fingerprint density at radius 2 is 0.969 bits per heavy atom. The summed E-state index contributed by atoms with van der Waals surface area (Å²) >= 11 is 0. The minimum Gasteiger partial charge on any atom is -0.462 e. The largest absolute Gasteiger partial charge is 0.462 e. The van der Waals surface area contributed by atoms with Crippen molar-refractivity contribution < 1.29 is 73.8 Å². The first-order chi connectivity index (χ1) is 31.5. The predicted molar refractivity (Wildman–Crippen MR) is 247 cm³/mol. The van der Waals surface area contributed by atoms with Gasteiger partial charge in [0.1, 0.15) is 55.4 Å². The molecule has 0 aromatic carbocycles. The molecule has 0 aromatic heterocycles. The lowest BCUT2D eigenvalue weighted by Gasteiger charge is -2.42. The molecule has 2 heterocycles. The van der Waals surface area contributed by atoms with Crippen molar-refractivity contribution in [2.24, 2.45) is 0 Å². The zero-order valence-electron chi connectivity index (χ0n) is 39.7. The van der Waals surface area contributed by atoms with E-state index in [4.69, 9.17) is 28.4 Å². The molecule has 0 aromatic rings. The van der Waals surface area contributed by atoms with Crippen molar-refractivity contribution in [3.8, 4) is 0 Å². The SMILES string of the molecule is CC/C=C/C/C=C/C/C=C/CCCCCCCC(=O)O[C@H](COC(=O)CCCCCCCCCCCCCCCC)CO[C@@H]1O[C@H](CO[C@@H]2O[C@H](CO)[C@H](O)C(O)C2O)[C@H](O)C(O)C1O. The fourth-order valence-electron chi connectivity index (χ4n) is 7.76. The highest BCUT2D eigenvalue weighted by Crippen LogP contribution is 2.26. The van der Waals surface area contributed by atoms with Crippen LogP contribution in [0, 0.1) is 0 Å². The van der Waals surface area contributed by atoms with Gasteiger partial charge in [-0.1, -0.05) is 153 Å². The minimum atomic E-state index is -1.77. The molecule has 2 fully saturated rings. The molecule has 0 saturated carbocycles. The van der Waals surface area contributed by atoms with E-state index in [9.17, 15) is 45.3 Å². The highest BCUT2D eigenvalue weighted by Gasteiger charge is 2.47. The Labute approximate surface area is 389 Å². The first-order valence-electron chi connectivity index (χ1n) is 25.1. The van der Waals surface area contributed by atoms with Crippen LogP contribution in [0.1, 0.15) is 174 Å². The molecule has 15 nitrogen and oxygen atoms in total. The maximum absolute atomic E-state index is 13.0. The van der Waals surface area contributed by atoms with Crippen molar-refractivity contribution >= 4 is 11.9 Å². The standard InChI is InChI=1S/C50H88O15/c1-3-5-7-9-11-13-15-17-19-21-23-25-27-29-31-33-42(53)63-38(35-60-41(52)32-30-28-26-24-22-20-18-16-14-12-10-8-6-4-2)36-61-49-48(59)46(57)44(55)40(65-49)37-62-50-47(58)45(56)43(54)39(34-51)64-50/h5,7,11,13,17,19,38-40,43-51,54-59H,3-4,6,8-10,12,14-16,18,20-37H2,1-2H3/b7-5+,13-11+,19-17+/t38-,39-,40-,43+,44+,45?,46?,47?,48?,49-,50-/m1/s1. The van der Waals surface area contributed by atoms with Crippen LogP contribution in [-0.2, 0) is 38.0 Å². The van der Waals surface area contributed by atoms with Crippen LogP contribution >= 0.6 is 0 Å². The summed E-state index contributed by atoms with van der Waals surface area (Å²) in [6, 6.07) is 0. The van der Waals surface area contributed by atoms with Gasteiger partial charge in [0.25, 0.3) is 0 Å². The normalized spacial score (nSPS) is 26.7. The summed E-state index contributed by atoms with van der Waals surface area (Å²) in [5.41, 5.74) is 0. The second-order valence-corrected chi connectivity index (χ2v) is 17.6. The van der Waals surface area contributed by atoms with E-state index in [1.165, 1.54) is 64.2 Å². The number of hydrogen-bond acceptors (Lipinski definition) is 15. The summed E-state index contributed by atoms with van der Waals surface area (Å²) in [6.07, 6.45) is 21.7. The average Bonchev–Trinajstić information content (AvgIpc) is 3.30. The molecule has 15 heteroatoms. The van der Waals surface area contributed by atoms with Gasteiger partial charge in [0.15, 0.2) is 18.7 Å². The van der Waals surface area contributed by atoms with Gasteiger partial charge >= 0.3 is 11.9 Å². The third-order valence-corrected chi connectivity index (χ3v) is 11.9. The molecule has 2 aliphatic heterocycles. The lowest BCUT2D eigenvalue weighted by Crippen LogP contribution is -2.61. The van der Waals surface area contributed by atoms with Crippen molar-refractivity contribution in [2.75, 3.05) is 26.4 Å². The molecule has 2 rings (SSSR count). The third-order valence-electron chi connectivity index (χ3n) is 11.9. The van der Waals surface area contributed by atoms with Gasteiger partial charge in [0.05, 0.1) is 19.8 Å². The number of aliphatic hydroxyl groups is 7. The fourth-order valence-corrected chi connectivity index (χ4v) is 7.76. The first kappa shape index (κ1) is 58.8. The number of hydrogen-bond donors (Lipinski definition) is 7. The Morgan fingerprint density at radius 1 is 0.508 bits per heavy atom. The van der Waals surface area contributed by atoms with E-state index in [1.54, 1.807) is 0 Å². The van der Waals surface area contributed by atoms with E-state index >= 15 is 0 Å². The smallest absolute Gasteiger partial charge is 0.306 e. The molecular weight excluding hydrogens is 841 g/mol. The van der Waals surface area contributed by atoms with Crippen LogP contribution in [0.25, 0.3) is 0 Å². The Morgan fingerprint density at radius 3 is 1.52 bits per heavy atom. The number of carbonyl (C=O) groups excluding carboxylic acids is 2. The number of unbranched alkanes of at least 4 members (excludes halogenated alkanes) is 18. The molecule has 0 spiro atoms. The monoisotopic (exact) mass is 929 g/mol. The highest BCUT2D eigenvalue weighted by atomic mass is 16.7. The van der Waals surface area contributed by atoms with E-state index in [2.05, 4.69) is 50.3 Å². The van der Waals surface area contributed by atoms with Crippen molar-refractivity contribution in [1.29, 1.82) is 0 Å². The molecule has 0 bridgehead atoms. The van der Waals surface area contributed by atoms with Gasteiger partial charge in [0, 0.05) is 12.8 Å². The lowest BCUT2D eigenvalue weighted by atomic mass is 9.98. The second-order valence-electron chi connectivity index (χ2n) is 17.6. The Kier molecular flexibility index (Phi) is 34.1. The third kappa shape index (κ3) is 26.2. The Balaban J connectivity index is 1.83. The van der Waals surface area contributed by atoms with Gasteiger partial charge in [-0.15, -0.1) is 0 Å². The van der Waals surface area contributed by atoms with Crippen LogP contribution in [0.3, 0.4) is 0 Å². The predicted octanol–water partition coefficient (Wildman–Crippen LogP) is 6.54. The second kappa shape index (κ2) is 37.7. The number of esters is 2. The zero-order valence-corrected chi connectivity index (χ0v) is 39.7. The van der Waals surface area contributed by atoms with Gasteiger partial charge in [-0.2, -0.15) is 0 Å². The number of ether oxygens (including phenoxy) is 6. The number of carbonyl (C=O) groups is 2. The number of aliphatic hydroxyl groups excluding tert-OH is 7. The maximum Gasteiger partial charge on any atom is 0.306 e. The molecule has 65 heavy (non-hydrogen) atoms. The van der Waals surface area contributed by atoms with E-state index in [1.807, 2.05) is 0 Å². The summed E-state index contributed by atoms with van der Waals surface area (Å²) < 4.78 is 33.5. The molecule has 378 valence electrons. The lowest BCUT2D eigenvalue weighted by molar-refractivity contribution is -0.332. The van der Waals surface area contributed by atoms with Gasteiger partial charge in [-0.3, -0.25) is 9.59 Å². The zero-order chi connectivity index (χ0) is 47.5. The molecule has 7 N–H and O–H groups in total. The van der Waals surface area contributed by atoms with Crippen molar-refractivity contribution in [1.82, 2.24) is 0 Å². The Hall–Kier alpha value is -2.28. The van der Waals surface area contributed by atoms with Crippen LogP contribution in [-0.4, -0.2) is 142 Å². The molecule has 2 aliphatic rings. The van der Waals surface area contributed by atoms with Gasteiger partial charge in [-0.25, -0.2) is 0 Å².